The van der Waals surface area contributed by atoms with Gasteiger partial charge in [-0.25, -0.2) is 4.68 Å². The molecule has 2 aromatic heterocycles. The average molecular weight is 377 g/mol. The molecule has 0 aliphatic rings. The van der Waals surface area contributed by atoms with E-state index in [1.165, 1.54) is 0 Å². The van der Waals surface area contributed by atoms with Gasteiger partial charge in [0.05, 0.1) is 24.8 Å². The third-order valence-corrected chi connectivity index (χ3v) is 4.26. The zero-order chi connectivity index (χ0) is 15.4. The topological polar surface area (TPSA) is 59.8 Å². The van der Waals surface area contributed by atoms with Crippen LogP contribution in [0.1, 0.15) is 11.3 Å². The number of benzene rings is 1. The van der Waals surface area contributed by atoms with Crippen molar-refractivity contribution in [2.45, 2.75) is 13.0 Å². The Kier molecular flexibility index (Phi) is 4.65. The van der Waals surface area contributed by atoms with Crippen molar-refractivity contribution in [3.05, 3.63) is 63.0 Å². The van der Waals surface area contributed by atoms with Crippen LogP contribution in [0.4, 0.5) is 0 Å². The standard InChI is InChI=1S/C15H13BrN4OS/c16-12-3-1-11(2-4-12)7-15(21)17-8-13-9-20(19-18-13)14-5-6-22-10-14/h1-6,9-10H,7-8H2,(H,17,21). The van der Waals surface area contributed by atoms with Crippen LogP contribution in [-0.4, -0.2) is 20.9 Å². The normalized spacial score (nSPS) is 10.6. The van der Waals surface area contributed by atoms with Crippen molar-refractivity contribution in [2.75, 3.05) is 0 Å². The highest BCUT2D eigenvalue weighted by Crippen LogP contribution is 2.12. The Morgan fingerprint density at radius 3 is 2.82 bits per heavy atom. The van der Waals surface area contributed by atoms with Crippen LogP contribution in [0.5, 0.6) is 0 Å². The van der Waals surface area contributed by atoms with E-state index in [2.05, 4.69) is 31.6 Å². The number of aromatic nitrogens is 3. The average Bonchev–Trinajstić information content (AvgIpc) is 3.18. The fourth-order valence-corrected chi connectivity index (χ4v) is 2.82. The highest BCUT2D eigenvalue weighted by atomic mass is 79.9. The molecule has 112 valence electrons. The summed E-state index contributed by atoms with van der Waals surface area (Å²) in [4.78, 5) is 11.9. The van der Waals surface area contributed by atoms with Crippen molar-refractivity contribution in [3.63, 3.8) is 0 Å². The van der Waals surface area contributed by atoms with E-state index in [-0.39, 0.29) is 5.91 Å². The maximum atomic E-state index is 11.9. The molecule has 0 saturated heterocycles. The minimum Gasteiger partial charge on any atom is -0.350 e. The molecule has 3 aromatic rings. The molecule has 22 heavy (non-hydrogen) atoms. The van der Waals surface area contributed by atoms with Gasteiger partial charge in [-0.15, -0.1) is 5.10 Å². The number of nitrogens with one attached hydrogen (secondary N) is 1. The van der Waals surface area contributed by atoms with Crippen molar-refractivity contribution in [1.29, 1.82) is 0 Å². The highest BCUT2D eigenvalue weighted by Gasteiger charge is 2.06. The van der Waals surface area contributed by atoms with Gasteiger partial charge >= 0.3 is 0 Å². The quantitative estimate of drug-likeness (QED) is 0.744. The summed E-state index contributed by atoms with van der Waals surface area (Å²) in [6, 6.07) is 9.67. The molecule has 2 heterocycles. The fourth-order valence-electron chi connectivity index (χ4n) is 1.93. The molecule has 0 unspecified atom stereocenters. The molecule has 0 aliphatic carbocycles. The molecule has 1 aromatic carbocycles. The molecule has 1 N–H and O–H groups in total. The van der Waals surface area contributed by atoms with Gasteiger partial charge in [0.1, 0.15) is 5.69 Å². The first kappa shape index (κ1) is 14.9. The van der Waals surface area contributed by atoms with E-state index in [0.29, 0.717) is 13.0 Å². The van der Waals surface area contributed by atoms with Crippen LogP contribution in [0, 0.1) is 0 Å². The lowest BCUT2D eigenvalue weighted by Crippen LogP contribution is -2.24. The van der Waals surface area contributed by atoms with Gasteiger partial charge in [0.25, 0.3) is 0 Å². The Morgan fingerprint density at radius 2 is 2.09 bits per heavy atom. The summed E-state index contributed by atoms with van der Waals surface area (Å²) in [7, 11) is 0. The molecule has 0 atom stereocenters. The van der Waals surface area contributed by atoms with Crippen LogP contribution in [0.25, 0.3) is 5.69 Å². The van der Waals surface area contributed by atoms with Crippen LogP contribution >= 0.6 is 27.3 Å². The Hall–Kier alpha value is -1.99. The van der Waals surface area contributed by atoms with Crippen LogP contribution < -0.4 is 5.32 Å². The maximum Gasteiger partial charge on any atom is 0.224 e. The number of carbonyl (C=O) groups excluding carboxylic acids is 1. The number of halogens is 1. The first-order chi connectivity index (χ1) is 10.7. The lowest BCUT2D eigenvalue weighted by molar-refractivity contribution is -0.120. The molecule has 0 fully saturated rings. The molecular formula is C15H13BrN4OS. The van der Waals surface area contributed by atoms with Gasteiger partial charge in [-0.1, -0.05) is 33.3 Å². The largest absolute Gasteiger partial charge is 0.350 e. The molecule has 0 radical (unpaired) electrons. The summed E-state index contributed by atoms with van der Waals surface area (Å²) in [5.41, 5.74) is 2.68. The van der Waals surface area contributed by atoms with E-state index in [1.807, 2.05) is 47.3 Å². The first-order valence-corrected chi connectivity index (χ1v) is 8.39. The van der Waals surface area contributed by atoms with Crippen LogP contribution in [0.3, 0.4) is 0 Å². The molecule has 0 bridgehead atoms. The molecule has 3 rings (SSSR count). The fraction of sp³-hybridized carbons (Fsp3) is 0.133. The van der Waals surface area contributed by atoms with Gasteiger partial charge in [0, 0.05) is 9.85 Å². The second kappa shape index (κ2) is 6.85. The molecule has 0 aliphatic heterocycles. The lowest BCUT2D eigenvalue weighted by Gasteiger charge is -2.03. The first-order valence-electron chi connectivity index (χ1n) is 6.65. The van der Waals surface area contributed by atoms with Crippen molar-refractivity contribution in [2.24, 2.45) is 0 Å². The van der Waals surface area contributed by atoms with E-state index in [9.17, 15) is 4.79 Å². The Balaban J connectivity index is 1.54. The van der Waals surface area contributed by atoms with Crippen LogP contribution in [0.15, 0.2) is 51.8 Å². The van der Waals surface area contributed by atoms with E-state index in [4.69, 9.17) is 0 Å². The summed E-state index contributed by atoms with van der Waals surface area (Å²) in [5, 5.41) is 14.9. The Bertz CT molecular complexity index is 752. The minimum absolute atomic E-state index is 0.0348. The van der Waals surface area contributed by atoms with E-state index in [1.54, 1.807) is 16.0 Å². The molecule has 0 saturated carbocycles. The molecule has 0 spiro atoms. The van der Waals surface area contributed by atoms with Gasteiger partial charge in [0.2, 0.25) is 5.91 Å². The van der Waals surface area contributed by atoms with Crippen molar-refractivity contribution in [3.8, 4) is 5.69 Å². The molecular weight excluding hydrogens is 364 g/mol. The van der Waals surface area contributed by atoms with Gasteiger partial charge in [0.15, 0.2) is 0 Å². The maximum absolute atomic E-state index is 11.9. The van der Waals surface area contributed by atoms with E-state index in [0.717, 1.165) is 21.4 Å². The second-order valence-electron chi connectivity index (χ2n) is 4.72. The monoisotopic (exact) mass is 376 g/mol. The van der Waals surface area contributed by atoms with Crippen LogP contribution in [-0.2, 0) is 17.8 Å². The summed E-state index contributed by atoms with van der Waals surface area (Å²) in [5.74, 6) is -0.0348. The second-order valence-corrected chi connectivity index (χ2v) is 6.41. The summed E-state index contributed by atoms with van der Waals surface area (Å²) >= 11 is 4.98. The number of nitrogens with zero attached hydrogens (tertiary/aromatic N) is 3. The summed E-state index contributed by atoms with van der Waals surface area (Å²) in [6.45, 7) is 0.375. The lowest BCUT2D eigenvalue weighted by atomic mass is 10.1. The summed E-state index contributed by atoms with van der Waals surface area (Å²) in [6.07, 6.45) is 2.17. The van der Waals surface area contributed by atoms with E-state index >= 15 is 0 Å². The van der Waals surface area contributed by atoms with Crippen molar-refractivity contribution >= 4 is 33.2 Å². The predicted molar refractivity (Wildman–Crippen MR) is 88.9 cm³/mol. The van der Waals surface area contributed by atoms with Gasteiger partial charge in [-0.05, 0) is 29.1 Å². The highest BCUT2D eigenvalue weighted by molar-refractivity contribution is 9.10. The van der Waals surface area contributed by atoms with Gasteiger partial charge in [-0.3, -0.25) is 4.79 Å². The molecule has 1 amide bonds. The van der Waals surface area contributed by atoms with Crippen LogP contribution in [0.2, 0.25) is 0 Å². The zero-order valence-electron chi connectivity index (χ0n) is 11.6. The SMILES string of the molecule is O=C(Cc1ccc(Br)cc1)NCc1cn(-c2ccsc2)nn1. The molecule has 5 nitrogen and oxygen atoms in total. The van der Waals surface area contributed by atoms with Gasteiger partial charge in [-0.2, -0.15) is 11.3 Å². The third kappa shape index (κ3) is 3.80. The number of amides is 1. The number of hydrogen-bond donors (Lipinski definition) is 1. The number of rotatable bonds is 5. The van der Waals surface area contributed by atoms with Gasteiger partial charge < -0.3 is 5.32 Å². The Labute approximate surface area is 140 Å². The number of thiophene rings is 1. The summed E-state index contributed by atoms with van der Waals surface area (Å²) < 4.78 is 2.70. The third-order valence-electron chi connectivity index (χ3n) is 3.06. The molecule has 7 heteroatoms. The van der Waals surface area contributed by atoms with Crippen molar-refractivity contribution in [1.82, 2.24) is 20.3 Å². The van der Waals surface area contributed by atoms with E-state index < -0.39 is 0 Å². The Morgan fingerprint density at radius 1 is 1.27 bits per heavy atom. The smallest absolute Gasteiger partial charge is 0.224 e. The predicted octanol–water partition coefficient (Wildman–Crippen LogP) is 2.95. The van der Waals surface area contributed by atoms with Crippen molar-refractivity contribution < 1.29 is 4.79 Å². The minimum atomic E-state index is -0.0348. The number of carbonyl (C=O) groups is 1. The zero-order valence-corrected chi connectivity index (χ0v) is 14.0. The number of hydrogen-bond acceptors (Lipinski definition) is 4.